The predicted octanol–water partition coefficient (Wildman–Crippen LogP) is 3.27. The number of carbonyl (C=O) groups excluding carboxylic acids is 1. The molecule has 0 unspecified atom stereocenters. The van der Waals surface area contributed by atoms with Crippen molar-refractivity contribution in [2.75, 3.05) is 26.9 Å². The fourth-order valence-electron chi connectivity index (χ4n) is 2.15. The molecule has 1 amide bonds. The summed E-state index contributed by atoms with van der Waals surface area (Å²) in [6.45, 7) is 3.61. The lowest BCUT2D eigenvalue weighted by atomic mass is 10.2. The van der Waals surface area contributed by atoms with E-state index in [4.69, 9.17) is 9.47 Å². The van der Waals surface area contributed by atoms with Crippen LogP contribution in [0.5, 0.6) is 5.75 Å². The molecule has 1 aromatic carbocycles. The molecule has 0 saturated carbocycles. The molecule has 1 N–H and O–H groups in total. The van der Waals surface area contributed by atoms with Gasteiger partial charge in [0.15, 0.2) is 0 Å². The number of thiazole rings is 1. The zero-order valence-electron chi connectivity index (χ0n) is 14.8. The Hall–Kier alpha value is -2.69. The lowest BCUT2D eigenvalue weighted by Crippen LogP contribution is -2.26. The molecule has 0 radical (unpaired) electrons. The van der Waals surface area contributed by atoms with Gasteiger partial charge in [-0.2, -0.15) is 5.26 Å². The predicted molar refractivity (Wildman–Crippen MR) is 102 cm³/mol. The maximum Gasteiger partial charge on any atom is 0.262 e. The summed E-state index contributed by atoms with van der Waals surface area (Å²) in [4.78, 5) is 16.6. The fourth-order valence-corrected chi connectivity index (χ4v) is 2.93. The number of hydrogen-bond donors (Lipinski definition) is 1. The van der Waals surface area contributed by atoms with Gasteiger partial charge in [0.2, 0.25) is 0 Å². The number of aromatic nitrogens is 1. The van der Waals surface area contributed by atoms with E-state index in [1.165, 1.54) is 17.4 Å². The average Bonchev–Trinajstić information content (AvgIpc) is 3.14. The first-order valence-electron chi connectivity index (χ1n) is 8.25. The zero-order valence-corrected chi connectivity index (χ0v) is 15.6. The van der Waals surface area contributed by atoms with Crippen molar-refractivity contribution >= 4 is 23.3 Å². The third-order valence-electron chi connectivity index (χ3n) is 3.45. The van der Waals surface area contributed by atoms with Gasteiger partial charge in [-0.15, -0.1) is 11.3 Å². The summed E-state index contributed by atoms with van der Waals surface area (Å²) in [5, 5.41) is 14.6. The quantitative estimate of drug-likeness (QED) is 0.415. The summed E-state index contributed by atoms with van der Waals surface area (Å²) in [7, 11) is 1.61. The van der Waals surface area contributed by atoms with Gasteiger partial charge in [-0.3, -0.25) is 4.79 Å². The molecule has 7 heteroatoms. The Morgan fingerprint density at radius 3 is 3.04 bits per heavy atom. The van der Waals surface area contributed by atoms with Crippen molar-refractivity contribution in [1.82, 2.24) is 10.3 Å². The van der Waals surface area contributed by atoms with Crippen molar-refractivity contribution in [3.8, 4) is 22.4 Å². The van der Waals surface area contributed by atoms with Gasteiger partial charge >= 0.3 is 0 Å². The van der Waals surface area contributed by atoms with Gasteiger partial charge in [-0.1, -0.05) is 12.1 Å². The molecule has 0 aliphatic rings. The standard InChI is InChI=1S/C19H21N3O3S/c1-3-25-9-5-8-21-18(23)15(12-20)10-16-13-26-19(22-16)14-6-4-7-17(11-14)24-2/h4,6-7,10-11,13H,3,5,8-9H2,1-2H3,(H,21,23)/b15-10+. The smallest absolute Gasteiger partial charge is 0.262 e. The van der Waals surface area contributed by atoms with E-state index in [0.717, 1.165) is 16.3 Å². The average molecular weight is 371 g/mol. The number of benzene rings is 1. The maximum absolute atomic E-state index is 12.1. The Kier molecular flexibility index (Phi) is 7.80. The molecule has 6 nitrogen and oxygen atoms in total. The van der Waals surface area contributed by atoms with Crippen molar-refractivity contribution < 1.29 is 14.3 Å². The highest BCUT2D eigenvalue weighted by Gasteiger charge is 2.10. The molecular weight excluding hydrogens is 350 g/mol. The Labute approximate surface area is 157 Å². The molecule has 0 spiro atoms. The fraction of sp³-hybridized carbons (Fsp3) is 0.316. The van der Waals surface area contributed by atoms with Gasteiger partial charge in [0, 0.05) is 30.7 Å². The molecule has 26 heavy (non-hydrogen) atoms. The van der Waals surface area contributed by atoms with Gasteiger partial charge in [0.05, 0.1) is 12.8 Å². The second-order valence-electron chi connectivity index (χ2n) is 5.29. The van der Waals surface area contributed by atoms with Gasteiger partial charge in [0.1, 0.15) is 22.4 Å². The minimum Gasteiger partial charge on any atom is -0.497 e. The Bertz CT molecular complexity index is 808. The van der Waals surface area contributed by atoms with Crippen LogP contribution >= 0.6 is 11.3 Å². The molecule has 2 rings (SSSR count). The Morgan fingerprint density at radius 2 is 2.31 bits per heavy atom. The van der Waals surface area contributed by atoms with E-state index < -0.39 is 5.91 Å². The molecule has 0 atom stereocenters. The van der Waals surface area contributed by atoms with Crippen LogP contribution in [0.25, 0.3) is 16.6 Å². The summed E-state index contributed by atoms with van der Waals surface area (Å²) >= 11 is 1.44. The van der Waals surface area contributed by atoms with Crippen molar-refractivity contribution in [3.05, 3.63) is 40.9 Å². The monoisotopic (exact) mass is 371 g/mol. The number of nitriles is 1. The summed E-state index contributed by atoms with van der Waals surface area (Å²) in [6.07, 6.45) is 2.20. The van der Waals surface area contributed by atoms with Crippen LogP contribution in [0.4, 0.5) is 0 Å². The highest BCUT2D eigenvalue weighted by Crippen LogP contribution is 2.27. The lowest BCUT2D eigenvalue weighted by Gasteiger charge is -2.04. The first-order valence-corrected chi connectivity index (χ1v) is 9.13. The van der Waals surface area contributed by atoms with E-state index in [2.05, 4.69) is 10.3 Å². The number of nitrogens with one attached hydrogen (secondary N) is 1. The molecule has 0 fully saturated rings. The first-order chi connectivity index (χ1) is 12.7. The molecule has 136 valence electrons. The van der Waals surface area contributed by atoms with Crippen LogP contribution in [0.15, 0.2) is 35.2 Å². The number of nitrogens with zero attached hydrogens (tertiary/aromatic N) is 2. The summed E-state index contributed by atoms with van der Waals surface area (Å²) in [5.41, 5.74) is 1.53. The number of ether oxygens (including phenoxy) is 2. The molecule has 1 aromatic heterocycles. The second kappa shape index (κ2) is 10.3. The van der Waals surface area contributed by atoms with Crippen LogP contribution in [0.1, 0.15) is 19.0 Å². The van der Waals surface area contributed by atoms with Crippen molar-refractivity contribution in [2.45, 2.75) is 13.3 Å². The van der Waals surface area contributed by atoms with Crippen LogP contribution in [0.3, 0.4) is 0 Å². The second-order valence-corrected chi connectivity index (χ2v) is 6.14. The summed E-state index contributed by atoms with van der Waals surface area (Å²) in [6, 6.07) is 9.51. The normalized spacial score (nSPS) is 11.0. The zero-order chi connectivity index (χ0) is 18.8. The molecule has 0 bridgehead atoms. The largest absolute Gasteiger partial charge is 0.497 e. The van der Waals surface area contributed by atoms with E-state index in [1.54, 1.807) is 7.11 Å². The minimum atomic E-state index is -0.403. The third kappa shape index (κ3) is 5.69. The van der Waals surface area contributed by atoms with Crippen molar-refractivity contribution in [1.29, 1.82) is 5.26 Å². The molecular formula is C19H21N3O3S. The van der Waals surface area contributed by atoms with Gasteiger partial charge in [-0.25, -0.2) is 4.98 Å². The number of hydrogen-bond acceptors (Lipinski definition) is 6. The van der Waals surface area contributed by atoms with Crippen LogP contribution < -0.4 is 10.1 Å². The van der Waals surface area contributed by atoms with Gasteiger partial charge in [0.25, 0.3) is 5.91 Å². The highest BCUT2D eigenvalue weighted by atomic mass is 32.1. The molecule has 0 aliphatic carbocycles. The van der Waals surface area contributed by atoms with Crippen LogP contribution in [0.2, 0.25) is 0 Å². The first kappa shape index (κ1) is 19.6. The van der Waals surface area contributed by atoms with Crippen LogP contribution in [-0.4, -0.2) is 37.8 Å². The molecule has 0 aliphatic heterocycles. The van der Waals surface area contributed by atoms with Crippen molar-refractivity contribution in [2.24, 2.45) is 0 Å². The summed E-state index contributed by atoms with van der Waals surface area (Å²) < 4.78 is 10.4. The Balaban J connectivity index is 2.04. The summed E-state index contributed by atoms with van der Waals surface area (Å²) in [5.74, 6) is 0.346. The van der Waals surface area contributed by atoms with E-state index in [1.807, 2.05) is 42.6 Å². The third-order valence-corrected chi connectivity index (χ3v) is 4.36. The maximum atomic E-state index is 12.1. The van der Waals surface area contributed by atoms with E-state index in [0.29, 0.717) is 31.9 Å². The number of rotatable bonds is 9. The van der Waals surface area contributed by atoms with E-state index in [9.17, 15) is 10.1 Å². The number of carbonyl (C=O) groups is 1. The minimum absolute atomic E-state index is 0.0314. The Morgan fingerprint density at radius 1 is 1.46 bits per heavy atom. The van der Waals surface area contributed by atoms with Crippen LogP contribution in [-0.2, 0) is 9.53 Å². The highest BCUT2D eigenvalue weighted by molar-refractivity contribution is 7.13. The molecule has 1 heterocycles. The lowest BCUT2D eigenvalue weighted by molar-refractivity contribution is -0.117. The number of amides is 1. The van der Waals surface area contributed by atoms with Crippen molar-refractivity contribution in [3.63, 3.8) is 0 Å². The van der Waals surface area contributed by atoms with Gasteiger partial charge < -0.3 is 14.8 Å². The number of methoxy groups -OCH3 is 1. The SMILES string of the molecule is CCOCCCNC(=O)/C(C#N)=C/c1csc(-c2cccc(OC)c2)n1. The molecule has 0 saturated heterocycles. The molecule has 2 aromatic rings. The van der Waals surface area contributed by atoms with E-state index in [-0.39, 0.29) is 5.57 Å². The van der Waals surface area contributed by atoms with E-state index >= 15 is 0 Å². The topological polar surface area (TPSA) is 84.2 Å². The van der Waals surface area contributed by atoms with Crippen LogP contribution in [0, 0.1) is 11.3 Å². The van der Waals surface area contributed by atoms with Gasteiger partial charge in [-0.05, 0) is 31.6 Å².